The van der Waals surface area contributed by atoms with E-state index in [4.69, 9.17) is 4.74 Å². The molecule has 1 aromatic heterocycles. The van der Waals surface area contributed by atoms with Crippen LogP contribution in [0, 0.1) is 5.82 Å². The van der Waals surface area contributed by atoms with E-state index >= 15 is 0 Å². The van der Waals surface area contributed by atoms with Crippen molar-refractivity contribution < 1.29 is 13.9 Å². The summed E-state index contributed by atoms with van der Waals surface area (Å²) in [7, 11) is 0. The van der Waals surface area contributed by atoms with Crippen LogP contribution in [0.2, 0.25) is 0 Å². The van der Waals surface area contributed by atoms with E-state index in [1.54, 1.807) is 13.1 Å². The smallest absolute Gasteiger partial charge is 0.261 e. The third-order valence-corrected chi connectivity index (χ3v) is 4.89. The van der Waals surface area contributed by atoms with E-state index in [0.717, 1.165) is 24.5 Å². The van der Waals surface area contributed by atoms with E-state index in [2.05, 4.69) is 31.1 Å². The lowest BCUT2D eigenvalue weighted by atomic mass is 10.2. The number of nitrogens with one attached hydrogen (secondary N) is 1. The van der Waals surface area contributed by atoms with Gasteiger partial charge in [-0.2, -0.15) is 0 Å². The Labute approximate surface area is 160 Å². The number of aromatic nitrogens is 1. The molecule has 1 aromatic carbocycles. The van der Waals surface area contributed by atoms with E-state index in [-0.39, 0.29) is 11.7 Å². The van der Waals surface area contributed by atoms with Crippen molar-refractivity contribution in [2.45, 2.75) is 32.4 Å². The number of carbonyl (C=O) groups is 1. The molecule has 1 fully saturated rings. The van der Waals surface area contributed by atoms with Crippen molar-refractivity contribution in [1.82, 2.24) is 10.3 Å². The summed E-state index contributed by atoms with van der Waals surface area (Å²) in [5.74, 6) is 0.789. The third kappa shape index (κ3) is 4.72. The summed E-state index contributed by atoms with van der Waals surface area (Å²) in [5, 5.41) is 2.83. The largest absolute Gasteiger partial charge is 0.480 e. The molecule has 3 rings (SSSR count). The molecule has 26 heavy (non-hydrogen) atoms. The molecule has 0 aliphatic carbocycles. The Morgan fingerprint density at radius 2 is 2.12 bits per heavy atom. The maximum Gasteiger partial charge on any atom is 0.261 e. The number of hydrogen-bond donors (Lipinski definition) is 1. The van der Waals surface area contributed by atoms with Gasteiger partial charge in [-0.05, 0) is 65.5 Å². The number of anilines is 1. The molecule has 0 spiro atoms. The van der Waals surface area contributed by atoms with Gasteiger partial charge in [0.2, 0.25) is 0 Å². The topological polar surface area (TPSA) is 54.5 Å². The molecular formula is C19H21BrFN3O2. The van der Waals surface area contributed by atoms with Gasteiger partial charge in [0.15, 0.2) is 6.10 Å². The van der Waals surface area contributed by atoms with Gasteiger partial charge in [0.1, 0.15) is 17.4 Å². The first-order valence-corrected chi connectivity index (χ1v) is 9.41. The lowest BCUT2D eigenvalue weighted by molar-refractivity contribution is -0.127. The molecule has 2 aromatic rings. The van der Waals surface area contributed by atoms with Crippen LogP contribution in [0.25, 0.3) is 0 Å². The highest BCUT2D eigenvalue weighted by molar-refractivity contribution is 9.10. The van der Waals surface area contributed by atoms with Gasteiger partial charge in [0.05, 0.1) is 4.47 Å². The Hall–Kier alpha value is -2.15. The SMILES string of the molecule is C[C@H](Oc1ccc(F)cc1Br)C(=O)NCc1ccc(N2CCCC2)nc1. The number of halogens is 2. The van der Waals surface area contributed by atoms with Gasteiger partial charge in [0, 0.05) is 25.8 Å². The van der Waals surface area contributed by atoms with Crippen LogP contribution in [0.3, 0.4) is 0 Å². The quantitative estimate of drug-likeness (QED) is 0.772. The zero-order chi connectivity index (χ0) is 18.5. The van der Waals surface area contributed by atoms with Gasteiger partial charge in [-0.1, -0.05) is 6.07 Å². The average molecular weight is 422 g/mol. The Kier molecular flexibility index (Phi) is 6.08. The van der Waals surface area contributed by atoms with E-state index in [0.29, 0.717) is 16.8 Å². The fourth-order valence-electron chi connectivity index (χ4n) is 2.80. The van der Waals surface area contributed by atoms with Crippen molar-refractivity contribution >= 4 is 27.7 Å². The highest BCUT2D eigenvalue weighted by Crippen LogP contribution is 2.26. The molecule has 2 heterocycles. The molecule has 138 valence electrons. The Morgan fingerprint density at radius 3 is 2.77 bits per heavy atom. The first-order valence-electron chi connectivity index (χ1n) is 8.62. The van der Waals surface area contributed by atoms with E-state index in [9.17, 15) is 9.18 Å². The van der Waals surface area contributed by atoms with Crippen molar-refractivity contribution in [3.63, 3.8) is 0 Å². The van der Waals surface area contributed by atoms with E-state index < -0.39 is 6.10 Å². The molecule has 1 aliphatic heterocycles. The highest BCUT2D eigenvalue weighted by Gasteiger charge is 2.17. The molecule has 7 heteroatoms. The van der Waals surface area contributed by atoms with Gasteiger partial charge in [-0.25, -0.2) is 9.37 Å². The summed E-state index contributed by atoms with van der Waals surface area (Å²) >= 11 is 3.23. The average Bonchev–Trinajstić information content (AvgIpc) is 3.17. The fourth-order valence-corrected chi connectivity index (χ4v) is 3.25. The monoisotopic (exact) mass is 421 g/mol. The van der Waals surface area contributed by atoms with Crippen molar-refractivity contribution in [2.75, 3.05) is 18.0 Å². The van der Waals surface area contributed by atoms with Crippen molar-refractivity contribution in [1.29, 1.82) is 0 Å². The molecule has 0 unspecified atom stereocenters. The summed E-state index contributed by atoms with van der Waals surface area (Å²) in [6.07, 6.45) is 3.51. The van der Waals surface area contributed by atoms with Crippen LogP contribution in [0.5, 0.6) is 5.75 Å². The summed E-state index contributed by atoms with van der Waals surface area (Å²) in [4.78, 5) is 19.0. The van der Waals surface area contributed by atoms with E-state index in [1.165, 1.54) is 31.0 Å². The van der Waals surface area contributed by atoms with Gasteiger partial charge in [-0.3, -0.25) is 4.79 Å². The molecule has 1 aliphatic rings. The predicted molar refractivity (Wildman–Crippen MR) is 102 cm³/mol. The zero-order valence-corrected chi connectivity index (χ0v) is 16.1. The number of rotatable bonds is 6. The maximum atomic E-state index is 13.1. The number of hydrogen-bond acceptors (Lipinski definition) is 4. The normalized spacial score (nSPS) is 15.0. The molecule has 0 saturated carbocycles. The summed E-state index contributed by atoms with van der Waals surface area (Å²) < 4.78 is 19.2. The maximum absolute atomic E-state index is 13.1. The van der Waals surface area contributed by atoms with Gasteiger partial charge < -0.3 is 15.0 Å². The van der Waals surface area contributed by atoms with Crippen molar-refractivity contribution in [3.05, 3.63) is 52.4 Å². The number of ether oxygens (including phenoxy) is 1. The van der Waals surface area contributed by atoms with Crippen LogP contribution in [-0.4, -0.2) is 30.1 Å². The van der Waals surface area contributed by atoms with Crippen LogP contribution in [0.4, 0.5) is 10.2 Å². The fraction of sp³-hybridized carbons (Fsp3) is 0.368. The Balaban J connectivity index is 1.51. The second-order valence-corrected chi connectivity index (χ2v) is 7.13. The van der Waals surface area contributed by atoms with Crippen LogP contribution >= 0.6 is 15.9 Å². The van der Waals surface area contributed by atoms with Crippen molar-refractivity contribution in [3.8, 4) is 5.75 Å². The predicted octanol–water partition coefficient (Wildman–Crippen LogP) is 3.67. The van der Waals surface area contributed by atoms with Gasteiger partial charge in [0.25, 0.3) is 5.91 Å². The third-order valence-electron chi connectivity index (χ3n) is 4.27. The minimum Gasteiger partial charge on any atom is -0.480 e. The molecule has 0 bridgehead atoms. The van der Waals surface area contributed by atoms with Crippen LogP contribution in [-0.2, 0) is 11.3 Å². The second kappa shape index (κ2) is 8.49. The summed E-state index contributed by atoms with van der Waals surface area (Å²) in [5.41, 5.74) is 0.927. The molecular weight excluding hydrogens is 401 g/mol. The standard InChI is InChI=1S/C19H21BrFN3O2/c1-13(26-17-6-5-15(21)10-16(17)20)19(25)23-12-14-4-7-18(22-11-14)24-8-2-3-9-24/h4-7,10-11,13H,2-3,8-9,12H2,1H3,(H,23,25)/t13-/m0/s1. The number of carbonyl (C=O) groups excluding carboxylic acids is 1. The second-order valence-electron chi connectivity index (χ2n) is 6.27. The number of pyridine rings is 1. The molecule has 0 radical (unpaired) electrons. The molecule has 1 saturated heterocycles. The van der Waals surface area contributed by atoms with E-state index in [1.807, 2.05) is 12.1 Å². The van der Waals surface area contributed by atoms with Crippen LogP contribution in [0.15, 0.2) is 41.0 Å². The molecule has 1 N–H and O–H groups in total. The lowest BCUT2D eigenvalue weighted by Crippen LogP contribution is -2.36. The first-order chi connectivity index (χ1) is 12.5. The molecule has 1 atom stereocenters. The zero-order valence-electron chi connectivity index (χ0n) is 14.5. The van der Waals surface area contributed by atoms with Gasteiger partial charge >= 0.3 is 0 Å². The minimum absolute atomic E-state index is 0.246. The first kappa shape index (κ1) is 18.6. The number of amides is 1. The molecule has 5 nitrogen and oxygen atoms in total. The van der Waals surface area contributed by atoms with Crippen LogP contribution in [0.1, 0.15) is 25.3 Å². The Morgan fingerprint density at radius 1 is 1.35 bits per heavy atom. The highest BCUT2D eigenvalue weighted by atomic mass is 79.9. The minimum atomic E-state index is -0.700. The van der Waals surface area contributed by atoms with Gasteiger partial charge in [-0.15, -0.1) is 0 Å². The summed E-state index contributed by atoms with van der Waals surface area (Å²) in [6.45, 7) is 4.14. The molecule has 1 amide bonds. The number of nitrogens with zero attached hydrogens (tertiary/aromatic N) is 2. The van der Waals surface area contributed by atoms with Crippen LogP contribution < -0.4 is 15.0 Å². The number of benzene rings is 1. The Bertz CT molecular complexity index is 764. The van der Waals surface area contributed by atoms with Crippen molar-refractivity contribution in [2.24, 2.45) is 0 Å². The lowest BCUT2D eigenvalue weighted by Gasteiger charge is -2.17. The summed E-state index contributed by atoms with van der Waals surface area (Å²) in [6, 6.07) is 8.04.